The summed E-state index contributed by atoms with van der Waals surface area (Å²) in [5.41, 5.74) is 4.13. The van der Waals surface area contributed by atoms with Gasteiger partial charge in [-0.05, 0) is 24.5 Å². The summed E-state index contributed by atoms with van der Waals surface area (Å²) in [6.07, 6.45) is -0.824. The van der Waals surface area contributed by atoms with Crippen LogP contribution in [-0.4, -0.2) is 41.9 Å². The van der Waals surface area contributed by atoms with Gasteiger partial charge in [-0.15, -0.1) is 0 Å². The Labute approximate surface area is 200 Å². The Kier molecular flexibility index (Phi) is 7.18. The van der Waals surface area contributed by atoms with Crippen LogP contribution in [0.5, 0.6) is 0 Å². The first-order valence-corrected chi connectivity index (χ1v) is 11.5. The van der Waals surface area contributed by atoms with Gasteiger partial charge in [-0.1, -0.05) is 85.8 Å². The van der Waals surface area contributed by atoms with E-state index in [4.69, 9.17) is 4.99 Å². The predicted molar refractivity (Wildman–Crippen MR) is 134 cm³/mol. The number of rotatable bonds is 7. The quantitative estimate of drug-likeness (QED) is 0.571. The molecule has 34 heavy (non-hydrogen) atoms. The molecular formula is C28H29N3O3. The summed E-state index contributed by atoms with van der Waals surface area (Å²) in [5, 5.41) is 13.4. The molecule has 3 aromatic rings. The fourth-order valence-corrected chi connectivity index (χ4v) is 4.09. The molecule has 2 amide bonds. The van der Waals surface area contributed by atoms with Gasteiger partial charge in [0.2, 0.25) is 12.1 Å². The van der Waals surface area contributed by atoms with E-state index in [1.54, 1.807) is 14.0 Å². The lowest BCUT2D eigenvalue weighted by atomic mass is 9.97. The van der Waals surface area contributed by atoms with E-state index in [0.717, 1.165) is 22.4 Å². The molecule has 0 spiro atoms. The topological polar surface area (TPSA) is 82.0 Å². The van der Waals surface area contributed by atoms with Crippen molar-refractivity contribution < 1.29 is 14.7 Å². The minimum atomic E-state index is -1.09. The van der Waals surface area contributed by atoms with Gasteiger partial charge in [-0.2, -0.15) is 0 Å². The molecule has 4 rings (SSSR count). The maximum Gasteiger partial charge on any atom is 0.272 e. The van der Waals surface area contributed by atoms with Crippen LogP contribution in [0, 0.1) is 5.92 Å². The SMILES string of the molecule is C[C@@H](C(=O)NC1N=C(c2ccccc2)c2ccccc2N(C)C1=O)C(O)CCc1ccccc1. The Morgan fingerprint density at radius 1 is 1.00 bits per heavy atom. The molecule has 2 N–H and O–H groups in total. The third kappa shape index (κ3) is 5.07. The van der Waals surface area contributed by atoms with Crippen molar-refractivity contribution in [3.05, 3.63) is 102 Å². The summed E-state index contributed by atoms with van der Waals surface area (Å²) in [6, 6.07) is 27.0. The number of para-hydroxylation sites is 1. The predicted octanol–water partition coefficient (Wildman–Crippen LogP) is 3.57. The molecule has 174 valence electrons. The number of anilines is 1. The molecule has 2 unspecified atom stereocenters. The number of aliphatic hydroxyl groups is 1. The van der Waals surface area contributed by atoms with Crippen molar-refractivity contribution in [3.8, 4) is 0 Å². The normalized spacial score (nSPS) is 17.3. The van der Waals surface area contributed by atoms with Crippen molar-refractivity contribution in [2.45, 2.75) is 32.0 Å². The summed E-state index contributed by atoms with van der Waals surface area (Å²) in [4.78, 5) is 32.5. The van der Waals surface area contributed by atoms with Gasteiger partial charge in [0, 0.05) is 18.2 Å². The number of benzene rings is 3. The standard InChI is InChI=1S/C28H29N3O3/c1-19(24(32)18-17-20-11-5-3-6-12-20)27(33)30-26-28(34)31(2)23-16-10-9-15-22(23)25(29-26)21-13-7-4-8-14-21/h3-16,19,24,26,32H,17-18H2,1-2H3,(H,30,33)/t19-,24?,26?/m1/s1. The number of aliphatic hydroxyl groups excluding tert-OH is 1. The zero-order valence-corrected chi connectivity index (χ0v) is 19.4. The number of aliphatic imine (C=N–C) groups is 1. The highest BCUT2D eigenvalue weighted by Crippen LogP contribution is 2.27. The van der Waals surface area contributed by atoms with E-state index in [-0.39, 0.29) is 5.91 Å². The molecule has 6 nitrogen and oxygen atoms in total. The van der Waals surface area contributed by atoms with Crippen LogP contribution in [0.15, 0.2) is 89.9 Å². The number of aryl methyl sites for hydroxylation is 1. The molecule has 0 radical (unpaired) electrons. The number of benzodiazepines with no additional fused rings is 1. The smallest absolute Gasteiger partial charge is 0.272 e. The van der Waals surface area contributed by atoms with Crippen molar-refractivity contribution in [2.24, 2.45) is 10.9 Å². The molecule has 3 aromatic carbocycles. The molecular weight excluding hydrogens is 426 g/mol. The highest BCUT2D eigenvalue weighted by Gasteiger charge is 2.33. The summed E-state index contributed by atoms with van der Waals surface area (Å²) in [6.45, 7) is 1.67. The van der Waals surface area contributed by atoms with Crippen molar-refractivity contribution in [1.82, 2.24) is 5.32 Å². The third-order valence-corrected chi connectivity index (χ3v) is 6.23. The maximum absolute atomic E-state index is 13.3. The lowest BCUT2D eigenvalue weighted by Crippen LogP contribution is -2.49. The van der Waals surface area contributed by atoms with Gasteiger partial charge in [0.25, 0.3) is 5.91 Å². The molecule has 0 aromatic heterocycles. The molecule has 0 saturated carbocycles. The van der Waals surface area contributed by atoms with E-state index in [1.165, 1.54) is 4.90 Å². The molecule has 6 heteroatoms. The maximum atomic E-state index is 13.3. The second kappa shape index (κ2) is 10.4. The summed E-state index contributed by atoms with van der Waals surface area (Å²) >= 11 is 0. The fourth-order valence-electron chi connectivity index (χ4n) is 4.09. The minimum absolute atomic E-state index is 0.335. The van der Waals surface area contributed by atoms with Crippen molar-refractivity contribution in [2.75, 3.05) is 11.9 Å². The molecule has 3 atom stereocenters. The Morgan fingerprint density at radius 3 is 2.32 bits per heavy atom. The average Bonchev–Trinajstić information content (AvgIpc) is 2.98. The van der Waals surface area contributed by atoms with Crippen LogP contribution in [0.1, 0.15) is 30.0 Å². The van der Waals surface area contributed by atoms with Gasteiger partial charge in [0.1, 0.15) is 0 Å². The van der Waals surface area contributed by atoms with Crippen LogP contribution in [0.4, 0.5) is 5.69 Å². The fraction of sp³-hybridized carbons (Fsp3) is 0.250. The largest absolute Gasteiger partial charge is 0.392 e. The van der Waals surface area contributed by atoms with Gasteiger partial charge in [0.15, 0.2) is 0 Å². The molecule has 1 aliphatic rings. The number of fused-ring (bicyclic) bond motifs is 1. The molecule has 0 fully saturated rings. The van der Waals surface area contributed by atoms with Gasteiger partial charge in [-0.25, -0.2) is 4.99 Å². The monoisotopic (exact) mass is 455 g/mol. The lowest BCUT2D eigenvalue weighted by Gasteiger charge is -2.23. The third-order valence-electron chi connectivity index (χ3n) is 6.23. The minimum Gasteiger partial charge on any atom is -0.392 e. The van der Waals surface area contributed by atoms with Crippen molar-refractivity contribution in [3.63, 3.8) is 0 Å². The van der Waals surface area contributed by atoms with E-state index in [9.17, 15) is 14.7 Å². The second-order valence-corrected chi connectivity index (χ2v) is 8.55. The Morgan fingerprint density at radius 2 is 1.62 bits per heavy atom. The van der Waals surface area contributed by atoms with Gasteiger partial charge >= 0.3 is 0 Å². The van der Waals surface area contributed by atoms with Crippen LogP contribution in [0.3, 0.4) is 0 Å². The van der Waals surface area contributed by atoms with E-state index in [2.05, 4.69) is 5.32 Å². The second-order valence-electron chi connectivity index (χ2n) is 8.55. The number of amides is 2. The summed E-state index contributed by atoms with van der Waals surface area (Å²) in [5.74, 6) is -1.44. The summed E-state index contributed by atoms with van der Waals surface area (Å²) < 4.78 is 0. The number of nitrogens with one attached hydrogen (secondary N) is 1. The number of hydrogen-bond donors (Lipinski definition) is 2. The van der Waals surface area contributed by atoms with Crippen LogP contribution in [-0.2, 0) is 16.0 Å². The molecule has 0 bridgehead atoms. The summed E-state index contributed by atoms with van der Waals surface area (Å²) in [7, 11) is 1.68. The van der Waals surface area contributed by atoms with Gasteiger partial charge < -0.3 is 15.3 Å². The van der Waals surface area contributed by atoms with E-state index in [0.29, 0.717) is 18.6 Å². The number of likely N-dealkylation sites (N-methyl/N-ethyl adjacent to an activating group) is 1. The zero-order valence-electron chi connectivity index (χ0n) is 19.4. The van der Waals surface area contributed by atoms with Crippen LogP contribution in [0.25, 0.3) is 0 Å². The highest BCUT2D eigenvalue weighted by molar-refractivity contribution is 6.20. The van der Waals surface area contributed by atoms with Crippen LogP contribution < -0.4 is 10.2 Å². The average molecular weight is 456 g/mol. The van der Waals surface area contributed by atoms with Crippen LogP contribution >= 0.6 is 0 Å². The Bertz CT molecular complexity index is 1180. The Balaban J connectivity index is 1.55. The molecule has 0 aliphatic carbocycles. The van der Waals surface area contributed by atoms with Crippen molar-refractivity contribution >= 4 is 23.2 Å². The number of carbonyl (C=O) groups excluding carboxylic acids is 2. The Hall–Kier alpha value is -3.77. The molecule has 0 saturated heterocycles. The zero-order chi connectivity index (χ0) is 24.1. The van der Waals surface area contributed by atoms with E-state index < -0.39 is 24.1 Å². The number of carbonyl (C=O) groups is 2. The first-order chi connectivity index (χ1) is 16.5. The first-order valence-electron chi connectivity index (χ1n) is 11.5. The van der Waals surface area contributed by atoms with Gasteiger partial charge in [0.05, 0.1) is 23.4 Å². The molecule has 1 aliphatic heterocycles. The van der Waals surface area contributed by atoms with Crippen molar-refractivity contribution in [1.29, 1.82) is 0 Å². The number of nitrogens with zero attached hydrogens (tertiary/aromatic N) is 2. The lowest BCUT2D eigenvalue weighted by molar-refractivity contribution is -0.132. The molecule has 1 heterocycles. The van der Waals surface area contributed by atoms with E-state index in [1.807, 2.05) is 84.9 Å². The van der Waals surface area contributed by atoms with E-state index >= 15 is 0 Å². The highest BCUT2D eigenvalue weighted by atomic mass is 16.3. The van der Waals surface area contributed by atoms with Gasteiger partial charge in [-0.3, -0.25) is 9.59 Å². The van der Waals surface area contributed by atoms with Crippen LogP contribution in [0.2, 0.25) is 0 Å². The first kappa shape index (κ1) is 23.4. The number of hydrogen-bond acceptors (Lipinski definition) is 4.